The highest BCUT2D eigenvalue weighted by Gasteiger charge is 2.32. The summed E-state index contributed by atoms with van der Waals surface area (Å²) < 4.78 is 32.3. The molecule has 1 aliphatic heterocycles. The molecule has 0 aromatic heterocycles. The first-order valence-electron chi connectivity index (χ1n) is 12.9. The highest BCUT2D eigenvalue weighted by atomic mass is 79.9. The number of nitrogens with one attached hydrogen (secondary N) is 3. The normalized spacial score (nSPS) is 15.2. The lowest BCUT2D eigenvalue weighted by Crippen LogP contribution is -2.45. The molecule has 1 aliphatic rings. The van der Waals surface area contributed by atoms with Crippen LogP contribution in [0, 0.1) is 0 Å². The van der Waals surface area contributed by atoms with Crippen molar-refractivity contribution in [3.63, 3.8) is 0 Å². The van der Waals surface area contributed by atoms with E-state index in [0.29, 0.717) is 50.9 Å². The van der Waals surface area contributed by atoms with Crippen LogP contribution in [-0.4, -0.2) is 76.7 Å². The maximum Gasteiger partial charge on any atom is 0.343 e. The Labute approximate surface area is 256 Å². The summed E-state index contributed by atoms with van der Waals surface area (Å²) in [5.41, 5.74) is 4.36. The Morgan fingerprint density at radius 2 is 1.81 bits per heavy atom. The number of hydrogen-bond donors (Lipinski definition) is 4. The van der Waals surface area contributed by atoms with Gasteiger partial charge < -0.3 is 44.2 Å². The summed E-state index contributed by atoms with van der Waals surface area (Å²) in [6.45, 7) is 3.24. The Morgan fingerprint density at radius 1 is 1.07 bits per heavy atom. The third-order valence-corrected chi connectivity index (χ3v) is 6.64. The molecular weight excluding hydrogens is 632 g/mol. The van der Waals surface area contributed by atoms with Crippen LogP contribution in [0.25, 0.3) is 0 Å². The number of benzene rings is 2. The maximum absolute atomic E-state index is 12.4. The number of carbonyl (C=O) groups is 3. The third kappa shape index (κ3) is 8.75. The van der Waals surface area contributed by atoms with Crippen LogP contribution in [0.4, 0.5) is 4.79 Å². The largest absolute Gasteiger partial charge is 0.493 e. The summed E-state index contributed by atoms with van der Waals surface area (Å²) in [5.74, 6) is 0.226. The number of ether oxygens (including phenoxy) is 6. The van der Waals surface area contributed by atoms with Crippen molar-refractivity contribution in [2.75, 3.05) is 41.2 Å². The molecule has 0 saturated heterocycles. The van der Waals surface area contributed by atoms with Crippen LogP contribution in [0.2, 0.25) is 0 Å². The zero-order chi connectivity index (χ0) is 31.5. The number of carbonyl (C=O) groups excluding carboxylic acids is 3. The lowest BCUT2D eigenvalue weighted by molar-refractivity contribution is -0.143. The Morgan fingerprint density at radius 3 is 2.49 bits per heavy atom. The Bertz CT molecular complexity index is 1400. The molecule has 2 aromatic rings. The highest BCUT2D eigenvalue weighted by Crippen LogP contribution is 2.35. The number of hydrazone groups is 1. The van der Waals surface area contributed by atoms with Crippen molar-refractivity contribution in [3.05, 3.63) is 57.2 Å². The number of halogens is 1. The van der Waals surface area contributed by atoms with Crippen LogP contribution in [0.3, 0.4) is 0 Å². The zero-order valence-electron chi connectivity index (χ0n) is 24.2. The molecule has 2 atom stereocenters. The lowest BCUT2D eigenvalue weighted by Gasteiger charge is -2.28. The first-order valence-corrected chi connectivity index (χ1v) is 13.7. The van der Waals surface area contributed by atoms with Crippen molar-refractivity contribution >= 4 is 40.1 Å². The molecule has 0 radical (unpaired) electrons. The van der Waals surface area contributed by atoms with E-state index < -0.39 is 30.2 Å². The van der Waals surface area contributed by atoms with Crippen molar-refractivity contribution < 1.29 is 47.9 Å². The van der Waals surface area contributed by atoms with E-state index in [1.165, 1.54) is 27.5 Å². The molecule has 2 aromatic carbocycles. The van der Waals surface area contributed by atoms with Crippen LogP contribution < -0.4 is 35.0 Å². The molecular formula is C28H33BrN4O10. The quantitative estimate of drug-likeness (QED) is 0.101. The van der Waals surface area contributed by atoms with Gasteiger partial charge in [0.15, 0.2) is 35.8 Å². The predicted molar refractivity (Wildman–Crippen MR) is 157 cm³/mol. The van der Waals surface area contributed by atoms with Crippen LogP contribution >= 0.6 is 15.9 Å². The number of urea groups is 1. The average Bonchev–Trinajstić information content (AvgIpc) is 2.99. The monoisotopic (exact) mass is 664 g/mol. The number of allylic oxidation sites excluding steroid dienone is 1. The number of methoxy groups -OCH3 is 3. The topological polar surface area (TPSA) is 175 Å². The summed E-state index contributed by atoms with van der Waals surface area (Å²) in [4.78, 5) is 35.9. The van der Waals surface area contributed by atoms with Gasteiger partial charge in [-0.1, -0.05) is 6.07 Å². The second kappa shape index (κ2) is 15.7. The van der Waals surface area contributed by atoms with Crippen LogP contribution in [0.15, 0.2) is 51.2 Å². The van der Waals surface area contributed by atoms with Crippen LogP contribution in [0.1, 0.15) is 31.0 Å². The van der Waals surface area contributed by atoms with Gasteiger partial charge in [0.25, 0.3) is 0 Å². The molecule has 0 fully saturated rings. The number of nitrogens with zero attached hydrogens (tertiary/aromatic N) is 1. The fourth-order valence-corrected chi connectivity index (χ4v) is 4.36. The van der Waals surface area contributed by atoms with E-state index in [1.54, 1.807) is 44.2 Å². The summed E-state index contributed by atoms with van der Waals surface area (Å²) in [6, 6.07) is 6.94. The maximum atomic E-state index is 12.4. The smallest absolute Gasteiger partial charge is 0.343 e. The number of hydrogen-bond acceptors (Lipinski definition) is 12. The van der Waals surface area contributed by atoms with Gasteiger partial charge in [0.1, 0.15) is 6.61 Å². The fraction of sp³-hybridized carbons (Fsp3) is 0.357. The van der Waals surface area contributed by atoms with E-state index in [0.717, 1.165) is 0 Å². The minimum atomic E-state index is -1.20. The fourth-order valence-electron chi connectivity index (χ4n) is 3.93. The van der Waals surface area contributed by atoms with Gasteiger partial charge in [0, 0.05) is 15.7 Å². The van der Waals surface area contributed by atoms with Gasteiger partial charge in [-0.15, -0.1) is 0 Å². The molecule has 15 heteroatoms. The Hall–Kier alpha value is -4.50. The molecule has 232 valence electrons. The van der Waals surface area contributed by atoms with E-state index in [4.69, 9.17) is 23.7 Å². The Kier molecular flexibility index (Phi) is 12.0. The summed E-state index contributed by atoms with van der Waals surface area (Å²) in [6.07, 6.45) is 0.246. The van der Waals surface area contributed by atoms with Crippen molar-refractivity contribution in [2.45, 2.75) is 26.1 Å². The summed E-state index contributed by atoms with van der Waals surface area (Å²) in [5, 5.41) is 19.8. The molecule has 43 heavy (non-hydrogen) atoms. The molecule has 0 aliphatic carbocycles. The first kappa shape index (κ1) is 33.0. The van der Waals surface area contributed by atoms with E-state index in [-0.39, 0.29) is 18.8 Å². The number of aliphatic hydroxyl groups excluding tert-OH is 1. The van der Waals surface area contributed by atoms with E-state index in [1.807, 2.05) is 0 Å². The minimum absolute atomic E-state index is 0.196. The van der Waals surface area contributed by atoms with Gasteiger partial charge >= 0.3 is 18.0 Å². The molecule has 3 rings (SSSR count). The molecule has 1 heterocycles. The first-order chi connectivity index (χ1) is 20.6. The van der Waals surface area contributed by atoms with Gasteiger partial charge in [-0.25, -0.2) is 14.4 Å². The van der Waals surface area contributed by atoms with Gasteiger partial charge in [0.05, 0.1) is 45.8 Å². The van der Waals surface area contributed by atoms with Gasteiger partial charge in [-0.3, -0.25) is 5.43 Å². The van der Waals surface area contributed by atoms with Crippen molar-refractivity contribution in [3.8, 4) is 23.0 Å². The standard InChI is InChI=1S/C28H33BrN4O10/c1-6-41-21-9-16(26-25(27(36)40-5)15(2)31-28(37)32-26)7-8-19(21)42-13-23(34)33-30-12-17-10-20(38-3)22(11-18(17)29)43-14-24(35)39-4/h7-12,23,26,33-34H,6,13-14H2,1-5H3,(H2,31,32,37)/b30-12-/t23-,26+/m0/s1. The van der Waals surface area contributed by atoms with Crippen LogP contribution in [0.5, 0.6) is 23.0 Å². The second-order valence-electron chi connectivity index (χ2n) is 8.80. The molecule has 4 N–H and O–H groups in total. The molecule has 0 saturated carbocycles. The van der Waals surface area contributed by atoms with E-state index in [2.05, 4.69) is 41.8 Å². The van der Waals surface area contributed by atoms with E-state index >= 15 is 0 Å². The van der Waals surface area contributed by atoms with Crippen molar-refractivity contribution in [2.24, 2.45) is 5.10 Å². The SMILES string of the molecule is CCOc1cc([C@H]2NC(=O)NC(C)=C2C(=O)OC)ccc1OC[C@H](O)N/N=C\c1cc(OC)c(OCC(=O)OC)cc1Br. The van der Waals surface area contributed by atoms with Gasteiger partial charge in [0.2, 0.25) is 0 Å². The second-order valence-corrected chi connectivity index (χ2v) is 9.66. The minimum Gasteiger partial charge on any atom is -0.493 e. The number of esters is 2. The number of amides is 2. The molecule has 2 amide bonds. The van der Waals surface area contributed by atoms with Crippen LogP contribution in [-0.2, 0) is 19.1 Å². The lowest BCUT2D eigenvalue weighted by atomic mass is 9.95. The average molecular weight is 665 g/mol. The van der Waals surface area contributed by atoms with Gasteiger partial charge in [-0.05, 0) is 59.6 Å². The van der Waals surface area contributed by atoms with Gasteiger partial charge in [-0.2, -0.15) is 5.10 Å². The van der Waals surface area contributed by atoms with Crippen molar-refractivity contribution in [1.29, 1.82) is 0 Å². The molecule has 0 bridgehead atoms. The number of rotatable bonds is 14. The molecule has 0 unspecified atom stereocenters. The third-order valence-electron chi connectivity index (χ3n) is 5.96. The Balaban J connectivity index is 1.68. The summed E-state index contributed by atoms with van der Waals surface area (Å²) >= 11 is 3.42. The molecule has 14 nitrogen and oxygen atoms in total. The number of aliphatic hydroxyl groups is 1. The predicted octanol–water partition coefficient (Wildman–Crippen LogP) is 2.53. The van der Waals surface area contributed by atoms with E-state index in [9.17, 15) is 19.5 Å². The highest BCUT2D eigenvalue weighted by molar-refractivity contribution is 9.10. The van der Waals surface area contributed by atoms with Crippen molar-refractivity contribution in [1.82, 2.24) is 16.1 Å². The molecule has 0 spiro atoms. The zero-order valence-corrected chi connectivity index (χ0v) is 25.8. The summed E-state index contributed by atoms with van der Waals surface area (Å²) in [7, 11) is 3.98.